The van der Waals surface area contributed by atoms with Gasteiger partial charge in [-0.2, -0.15) is 0 Å². The van der Waals surface area contributed by atoms with Crippen LogP contribution in [0.25, 0.3) is 0 Å². The molecule has 1 aromatic heterocycles. The lowest BCUT2D eigenvalue weighted by Gasteiger charge is -2.28. The molecule has 112 valence electrons. The molecule has 4 heteroatoms. The predicted molar refractivity (Wildman–Crippen MR) is 77.9 cm³/mol. The van der Waals surface area contributed by atoms with Crippen LogP contribution in [0.15, 0.2) is 12.1 Å². The molecule has 0 saturated heterocycles. The van der Waals surface area contributed by atoms with Gasteiger partial charge >= 0.3 is 0 Å². The zero-order valence-corrected chi connectivity index (χ0v) is 12.6. The van der Waals surface area contributed by atoms with Crippen molar-refractivity contribution in [2.75, 3.05) is 7.11 Å². The van der Waals surface area contributed by atoms with Crippen LogP contribution in [0.4, 0.5) is 0 Å². The second kappa shape index (κ2) is 7.04. The number of hydrogen-bond donors (Lipinski definition) is 1. The van der Waals surface area contributed by atoms with Gasteiger partial charge in [0.2, 0.25) is 5.88 Å². The monoisotopic (exact) mass is 279 g/mol. The lowest BCUT2D eigenvalue weighted by Crippen LogP contribution is -2.29. The summed E-state index contributed by atoms with van der Waals surface area (Å²) in [6.07, 6.45) is 4.65. The van der Waals surface area contributed by atoms with E-state index in [0.29, 0.717) is 17.9 Å². The van der Waals surface area contributed by atoms with E-state index in [9.17, 15) is 5.11 Å². The summed E-state index contributed by atoms with van der Waals surface area (Å²) >= 11 is 0. The predicted octanol–water partition coefficient (Wildman–Crippen LogP) is 3.03. The van der Waals surface area contributed by atoms with E-state index in [1.807, 2.05) is 12.1 Å². The molecule has 20 heavy (non-hydrogen) atoms. The van der Waals surface area contributed by atoms with Gasteiger partial charge in [-0.05, 0) is 36.8 Å². The Morgan fingerprint density at radius 3 is 2.70 bits per heavy atom. The van der Waals surface area contributed by atoms with Gasteiger partial charge in [-0.25, -0.2) is 4.98 Å². The molecule has 1 N–H and O–H groups in total. The molecule has 2 rings (SSSR count). The standard InChI is InChI=1S/C16H25NO3/c1-11(2)15-7-12(10-18)8-16(17-15)20-14-6-4-5-13(9-14)19-3/h7-8,11,13-14,18H,4-6,9-10H2,1-3H3. The zero-order valence-electron chi connectivity index (χ0n) is 12.6. The topological polar surface area (TPSA) is 51.6 Å². The molecule has 1 saturated carbocycles. The molecular weight excluding hydrogens is 254 g/mol. The molecule has 1 aliphatic rings. The van der Waals surface area contributed by atoms with Gasteiger partial charge in [-0.3, -0.25) is 0 Å². The summed E-state index contributed by atoms with van der Waals surface area (Å²) in [4.78, 5) is 4.55. The van der Waals surface area contributed by atoms with Crippen LogP contribution in [0.2, 0.25) is 0 Å². The molecule has 2 atom stereocenters. The smallest absolute Gasteiger partial charge is 0.214 e. The number of rotatable bonds is 5. The number of ether oxygens (including phenoxy) is 2. The number of nitrogens with zero attached hydrogens (tertiary/aromatic N) is 1. The van der Waals surface area contributed by atoms with Crippen LogP contribution in [0.1, 0.15) is 56.7 Å². The highest BCUT2D eigenvalue weighted by Gasteiger charge is 2.23. The first-order valence-corrected chi connectivity index (χ1v) is 7.43. The third-order valence-electron chi connectivity index (χ3n) is 3.85. The van der Waals surface area contributed by atoms with Gasteiger partial charge < -0.3 is 14.6 Å². The molecule has 0 bridgehead atoms. The van der Waals surface area contributed by atoms with E-state index in [0.717, 1.165) is 36.9 Å². The van der Waals surface area contributed by atoms with E-state index in [1.54, 1.807) is 7.11 Å². The molecular formula is C16H25NO3. The molecule has 0 spiro atoms. The first-order valence-electron chi connectivity index (χ1n) is 7.43. The van der Waals surface area contributed by atoms with Crippen LogP contribution in [0, 0.1) is 0 Å². The van der Waals surface area contributed by atoms with E-state index in [4.69, 9.17) is 9.47 Å². The van der Waals surface area contributed by atoms with Crippen LogP contribution in [0.3, 0.4) is 0 Å². The van der Waals surface area contributed by atoms with Crippen LogP contribution < -0.4 is 4.74 Å². The van der Waals surface area contributed by atoms with Gasteiger partial charge in [0.15, 0.2) is 0 Å². The normalized spacial score (nSPS) is 23.1. The Morgan fingerprint density at radius 2 is 2.05 bits per heavy atom. The second-order valence-electron chi connectivity index (χ2n) is 5.82. The highest BCUT2D eigenvalue weighted by Crippen LogP contribution is 2.26. The Labute approximate surface area is 121 Å². The van der Waals surface area contributed by atoms with Gasteiger partial charge in [-0.1, -0.05) is 13.8 Å². The average molecular weight is 279 g/mol. The molecule has 0 amide bonds. The first-order chi connectivity index (χ1) is 9.62. The lowest BCUT2D eigenvalue weighted by molar-refractivity contribution is 0.0194. The minimum atomic E-state index is 0.0178. The number of aliphatic hydroxyl groups excluding tert-OH is 1. The molecule has 1 aromatic rings. The number of aromatic nitrogens is 1. The molecule has 0 aromatic carbocycles. The Bertz CT molecular complexity index is 434. The van der Waals surface area contributed by atoms with Crippen molar-refractivity contribution in [1.82, 2.24) is 4.98 Å². The number of aliphatic hydroxyl groups is 1. The fourth-order valence-corrected chi connectivity index (χ4v) is 2.62. The van der Waals surface area contributed by atoms with Crippen molar-refractivity contribution in [1.29, 1.82) is 0 Å². The summed E-state index contributed by atoms with van der Waals surface area (Å²) in [7, 11) is 1.76. The van der Waals surface area contributed by atoms with Crippen LogP contribution in [-0.2, 0) is 11.3 Å². The third kappa shape index (κ3) is 3.93. The van der Waals surface area contributed by atoms with Crippen LogP contribution in [-0.4, -0.2) is 29.4 Å². The minimum Gasteiger partial charge on any atom is -0.474 e. The van der Waals surface area contributed by atoms with Crippen molar-refractivity contribution in [3.8, 4) is 5.88 Å². The summed E-state index contributed by atoms with van der Waals surface area (Å²) in [6, 6.07) is 3.78. The fraction of sp³-hybridized carbons (Fsp3) is 0.688. The van der Waals surface area contributed by atoms with Crippen LogP contribution >= 0.6 is 0 Å². The molecule has 2 unspecified atom stereocenters. The van der Waals surface area contributed by atoms with Gasteiger partial charge in [0.1, 0.15) is 6.10 Å². The Kier molecular flexibility index (Phi) is 5.38. The fourth-order valence-electron chi connectivity index (χ4n) is 2.62. The maximum absolute atomic E-state index is 9.35. The van der Waals surface area contributed by atoms with E-state index in [-0.39, 0.29) is 12.7 Å². The van der Waals surface area contributed by atoms with Crippen molar-refractivity contribution in [3.05, 3.63) is 23.4 Å². The maximum atomic E-state index is 9.35. The summed E-state index contributed by atoms with van der Waals surface area (Å²) in [5.41, 5.74) is 1.82. The Balaban J connectivity index is 2.09. The summed E-state index contributed by atoms with van der Waals surface area (Å²) in [6.45, 7) is 4.20. The highest BCUT2D eigenvalue weighted by molar-refractivity contribution is 5.26. The molecule has 1 aliphatic carbocycles. The minimum absolute atomic E-state index is 0.0178. The third-order valence-corrected chi connectivity index (χ3v) is 3.85. The Morgan fingerprint density at radius 1 is 1.30 bits per heavy atom. The number of pyridine rings is 1. The Hall–Kier alpha value is -1.13. The number of methoxy groups -OCH3 is 1. The van der Waals surface area contributed by atoms with E-state index >= 15 is 0 Å². The quantitative estimate of drug-likeness (QED) is 0.900. The first kappa shape index (κ1) is 15.3. The number of hydrogen-bond acceptors (Lipinski definition) is 4. The van der Waals surface area contributed by atoms with Crippen molar-refractivity contribution in [3.63, 3.8) is 0 Å². The van der Waals surface area contributed by atoms with Gasteiger partial charge in [-0.15, -0.1) is 0 Å². The van der Waals surface area contributed by atoms with E-state index in [2.05, 4.69) is 18.8 Å². The lowest BCUT2D eigenvalue weighted by atomic mass is 9.95. The van der Waals surface area contributed by atoms with Gasteiger partial charge in [0.25, 0.3) is 0 Å². The highest BCUT2D eigenvalue weighted by atomic mass is 16.5. The summed E-state index contributed by atoms with van der Waals surface area (Å²) in [5, 5.41) is 9.35. The molecule has 4 nitrogen and oxygen atoms in total. The zero-order chi connectivity index (χ0) is 14.5. The molecule has 0 aliphatic heterocycles. The molecule has 0 radical (unpaired) electrons. The van der Waals surface area contributed by atoms with Crippen molar-refractivity contribution in [2.24, 2.45) is 0 Å². The molecule has 1 heterocycles. The van der Waals surface area contributed by atoms with Gasteiger partial charge in [0, 0.05) is 25.3 Å². The van der Waals surface area contributed by atoms with Gasteiger partial charge in [0.05, 0.1) is 12.7 Å². The SMILES string of the molecule is COC1CCCC(Oc2cc(CO)cc(C(C)C)n2)C1. The maximum Gasteiger partial charge on any atom is 0.214 e. The van der Waals surface area contributed by atoms with Crippen molar-refractivity contribution in [2.45, 2.75) is 64.3 Å². The van der Waals surface area contributed by atoms with E-state index in [1.165, 1.54) is 0 Å². The average Bonchev–Trinajstić information content (AvgIpc) is 2.47. The largest absolute Gasteiger partial charge is 0.474 e. The van der Waals surface area contributed by atoms with Crippen molar-refractivity contribution >= 4 is 0 Å². The molecule has 1 fully saturated rings. The van der Waals surface area contributed by atoms with E-state index < -0.39 is 0 Å². The summed E-state index contributed by atoms with van der Waals surface area (Å²) in [5.74, 6) is 0.948. The summed E-state index contributed by atoms with van der Waals surface area (Å²) < 4.78 is 11.4. The van der Waals surface area contributed by atoms with Crippen molar-refractivity contribution < 1.29 is 14.6 Å². The second-order valence-corrected chi connectivity index (χ2v) is 5.82. The van der Waals surface area contributed by atoms with Crippen LogP contribution in [0.5, 0.6) is 5.88 Å².